The molecular formula is C38H22N2O. The summed E-state index contributed by atoms with van der Waals surface area (Å²) in [5.41, 5.74) is 7.49. The minimum absolute atomic E-state index is 0.816. The van der Waals surface area contributed by atoms with Gasteiger partial charge in [0, 0.05) is 26.9 Å². The molecule has 0 unspecified atom stereocenters. The zero-order valence-electron chi connectivity index (χ0n) is 22.0. The summed E-state index contributed by atoms with van der Waals surface area (Å²) in [4.78, 5) is 10.6. The van der Waals surface area contributed by atoms with Crippen molar-refractivity contribution in [1.29, 1.82) is 0 Å². The molecule has 0 amide bonds. The maximum absolute atomic E-state index is 6.59. The molecule has 0 radical (unpaired) electrons. The summed E-state index contributed by atoms with van der Waals surface area (Å²) in [6.07, 6.45) is 0. The minimum atomic E-state index is 0.816. The number of rotatable bonds is 2. The van der Waals surface area contributed by atoms with Crippen molar-refractivity contribution in [3.63, 3.8) is 0 Å². The van der Waals surface area contributed by atoms with Crippen LogP contribution in [-0.4, -0.2) is 9.97 Å². The fraction of sp³-hybridized carbons (Fsp3) is 0. The first-order chi connectivity index (χ1) is 20.3. The van der Waals surface area contributed by atoms with Crippen molar-refractivity contribution in [3.05, 3.63) is 133 Å². The molecule has 0 saturated heterocycles. The van der Waals surface area contributed by atoms with Gasteiger partial charge in [0.15, 0.2) is 5.58 Å². The number of nitrogens with zero attached hydrogens (tertiary/aromatic N) is 2. The molecule has 0 fully saturated rings. The highest BCUT2D eigenvalue weighted by Gasteiger charge is 2.21. The summed E-state index contributed by atoms with van der Waals surface area (Å²) in [5.74, 6) is 0. The Bertz CT molecular complexity index is 2470. The average molecular weight is 523 g/mol. The standard InChI is InChI=1S/C38H22N2O/c1-2-12-23(13-3-1)30-22-32(39-31-20-10-8-14-24(30)31)36-28-18-7-6-17-27(28)34-25-15-4-5-16-26(25)35-29-19-9-11-21-33(29)41-38(35)37(34)40-36/h1-22H. The fourth-order valence-electron chi connectivity index (χ4n) is 6.45. The molecule has 0 saturated carbocycles. The first-order valence-corrected chi connectivity index (χ1v) is 13.9. The van der Waals surface area contributed by atoms with Crippen molar-refractivity contribution >= 4 is 65.3 Å². The molecule has 9 rings (SSSR count). The molecule has 3 aromatic heterocycles. The topological polar surface area (TPSA) is 38.9 Å². The van der Waals surface area contributed by atoms with Gasteiger partial charge in [0.25, 0.3) is 0 Å². The van der Waals surface area contributed by atoms with E-state index in [2.05, 4.69) is 115 Å². The Labute approximate surface area is 235 Å². The van der Waals surface area contributed by atoms with Gasteiger partial charge in [-0.2, -0.15) is 0 Å². The molecule has 0 aliphatic rings. The van der Waals surface area contributed by atoms with E-state index in [0.29, 0.717) is 0 Å². The molecule has 3 heteroatoms. The van der Waals surface area contributed by atoms with Crippen LogP contribution in [0.5, 0.6) is 0 Å². The zero-order valence-corrected chi connectivity index (χ0v) is 22.0. The molecule has 3 nitrogen and oxygen atoms in total. The smallest absolute Gasteiger partial charge is 0.162 e. The molecule has 41 heavy (non-hydrogen) atoms. The van der Waals surface area contributed by atoms with Gasteiger partial charge in [-0.25, -0.2) is 9.97 Å². The lowest BCUT2D eigenvalue weighted by molar-refractivity contribution is 0.672. The average Bonchev–Trinajstić information content (AvgIpc) is 3.44. The Morgan fingerprint density at radius 2 is 1.05 bits per heavy atom. The monoisotopic (exact) mass is 522 g/mol. The molecule has 0 aliphatic carbocycles. The van der Waals surface area contributed by atoms with Crippen LogP contribution in [0.25, 0.3) is 87.8 Å². The van der Waals surface area contributed by atoms with Gasteiger partial charge >= 0.3 is 0 Å². The van der Waals surface area contributed by atoms with E-state index < -0.39 is 0 Å². The summed E-state index contributed by atoms with van der Waals surface area (Å²) < 4.78 is 6.59. The van der Waals surface area contributed by atoms with E-state index in [1.807, 2.05) is 18.2 Å². The lowest BCUT2D eigenvalue weighted by Crippen LogP contribution is -1.95. The molecule has 0 spiro atoms. The second-order valence-electron chi connectivity index (χ2n) is 10.5. The lowest BCUT2D eigenvalue weighted by Gasteiger charge is -2.14. The third-order valence-electron chi connectivity index (χ3n) is 8.23. The SMILES string of the molecule is c1ccc(-c2cc(-c3nc4c5oc6ccccc6c5c5ccccc5c4c4ccccc34)nc3ccccc23)cc1. The quantitative estimate of drug-likeness (QED) is 0.212. The third-order valence-corrected chi connectivity index (χ3v) is 8.23. The van der Waals surface area contributed by atoms with Crippen molar-refractivity contribution in [2.75, 3.05) is 0 Å². The molecular weight excluding hydrogens is 500 g/mol. The van der Waals surface area contributed by atoms with E-state index >= 15 is 0 Å². The van der Waals surface area contributed by atoms with Gasteiger partial charge in [0.1, 0.15) is 11.1 Å². The number of hydrogen-bond acceptors (Lipinski definition) is 3. The van der Waals surface area contributed by atoms with Gasteiger partial charge in [-0.15, -0.1) is 0 Å². The molecule has 0 N–H and O–H groups in total. The summed E-state index contributed by atoms with van der Waals surface area (Å²) in [5, 5.41) is 9.00. The number of aromatic nitrogens is 2. The van der Waals surface area contributed by atoms with Crippen molar-refractivity contribution in [2.24, 2.45) is 0 Å². The number of para-hydroxylation sites is 2. The van der Waals surface area contributed by atoms with E-state index in [-0.39, 0.29) is 0 Å². The first kappa shape index (κ1) is 22.3. The van der Waals surface area contributed by atoms with E-state index in [4.69, 9.17) is 14.4 Å². The Hall–Kier alpha value is -5.54. The summed E-state index contributed by atoms with van der Waals surface area (Å²) in [7, 11) is 0. The van der Waals surface area contributed by atoms with Crippen LogP contribution >= 0.6 is 0 Å². The maximum Gasteiger partial charge on any atom is 0.162 e. The van der Waals surface area contributed by atoms with Gasteiger partial charge in [-0.1, -0.05) is 115 Å². The van der Waals surface area contributed by atoms with Crippen LogP contribution < -0.4 is 0 Å². The van der Waals surface area contributed by atoms with Gasteiger partial charge in [0.05, 0.1) is 16.9 Å². The molecule has 0 atom stereocenters. The summed E-state index contributed by atoms with van der Waals surface area (Å²) in [6.45, 7) is 0. The van der Waals surface area contributed by atoms with Crippen LogP contribution in [0.1, 0.15) is 0 Å². The summed E-state index contributed by atoms with van der Waals surface area (Å²) in [6, 6.07) is 46.5. The fourth-order valence-corrected chi connectivity index (χ4v) is 6.45. The lowest BCUT2D eigenvalue weighted by atomic mass is 9.94. The molecule has 190 valence electrons. The van der Waals surface area contributed by atoms with Gasteiger partial charge < -0.3 is 4.42 Å². The van der Waals surface area contributed by atoms with Crippen molar-refractivity contribution in [3.8, 4) is 22.5 Å². The Kier molecular flexibility index (Phi) is 4.61. The maximum atomic E-state index is 6.59. The van der Waals surface area contributed by atoms with Crippen LogP contribution in [0, 0.1) is 0 Å². The molecule has 3 heterocycles. The number of benzene rings is 6. The second kappa shape index (κ2) is 8.48. The van der Waals surface area contributed by atoms with Crippen LogP contribution in [0.4, 0.5) is 0 Å². The van der Waals surface area contributed by atoms with E-state index in [9.17, 15) is 0 Å². The Morgan fingerprint density at radius 3 is 1.83 bits per heavy atom. The summed E-state index contributed by atoms with van der Waals surface area (Å²) >= 11 is 0. The first-order valence-electron chi connectivity index (χ1n) is 13.9. The van der Waals surface area contributed by atoms with Gasteiger partial charge in [-0.3, -0.25) is 0 Å². The van der Waals surface area contributed by atoms with E-state index in [1.54, 1.807) is 0 Å². The zero-order chi connectivity index (χ0) is 26.9. The number of furan rings is 1. The largest absolute Gasteiger partial charge is 0.454 e. The van der Waals surface area contributed by atoms with Crippen LogP contribution in [0.2, 0.25) is 0 Å². The third kappa shape index (κ3) is 3.20. The highest BCUT2D eigenvalue weighted by molar-refractivity contribution is 6.34. The van der Waals surface area contributed by atoms with E-state index in [0.717, 1.165) is 77.0 Å². The number of fused-ring (bicyclic) bond motifs is 11. The Balaban J connectivity index is 1.48. The molecule has 0 bridgehead atoms. The van der Waals surface area contributed by atoms with Crippen molar-refractivity contribution in [1.82, 2.24) is 9.97 Å². The molecule has 0 aliphatic heterocycles. The Morgan fingerprint density at radius 1 is 0.463 bits per heavy atom. The second-order valence-corrected chi connectivity index (χ2v) is 10.5. The number of pyridine rings is 2. The predicted molar refractivity (Wildman–Crippen MR) is 170 cm³/mol. The number of hydrogen-bond donors (Lipinski definition) is 0. The van der Waals surface area contributed by atoms with Crippen molar-refractivity contribution < 1.29 is 4.42 Å². The van der Waals surface area contributed by atoms with Crippen LogP contribution in [0.15, 0.2) is 138 Å². The minimum Gasteiger partial charge on any atom is -0.454 e. The van der Waals surface area contributed by atoms with Crippen LogP contribution in [-0.2, 0) is 0 Å². The van der Waals surface area contributed by atoms with Crippen molar-refractivity contribution in [2.45, 2.75) is 0 Å². The van der Waals surface area contributed by atoms with E-state index in [1.165, 1.54) is 10.8 Å². The molecule has 9 aromatic rings. The highest BCUT2D eigenvalue weighted by atomic mass is 16.3. The molecule has 6 aromatic carbocycles. The van der Waals surface area contributed by atoms with Gasteiger partial charge in [-0.05, 0) is 45.5 Å². The van der Waals surface area contributed by atoms with Crippen LogP contribution in [0.3, 0.4) is 0 Å². The predicted octanol–water partition coefficient (Wildman–Crippen LogP) is 10.3. The van der Waals surface area contributed by atoms with Gasteiger partial charge in [0.2, 0.25) is 0 Å². The normalized spacial score (nSPS) is 11.9. The highest BCUT2D eigenvalue weighted by Crippen LogP contribution is 2.44.